The molecule has 0 fully saturated rings. The molecule has 2 rings (SSSR count). The highest BCUT2D eigenvalue weighted by Gasteiger charge is 2.18. The second-order valence-electron chi connectivity index (χ2n) is 4.52. The summed E-state index contributed by atoms with van der Waals surface area (Å²) in [5, 5.41) is 11.7. The first-order valence-electron chi connectivity index (χ1n) is 6.52. The predicted molar refractivity (Wildman–Crippen MR) is 80.9 cm³/mol. The van der Waals surface area contributed by atoms with Crippen molar-refractivity contribution in [1.82, 2.24) is 0 Å². The maximum absolute atomic E-state index is 13.2. The van der Waals surface area contributed by atoms with E-state index in [9.17, 15) is 19.1 Å². The van der Waals surface area contributed by atoms with Crippen LogP contribution in [0.15, 0.2) is 36.4 Å². The minimum absolute atomic E-state index is 0.0180. The third-order valence-corrected chi connectivity index (χ3v) is 3.09. The van der Waals surface area contributed by atoms with E-state index in [1.54, 1.807) is 0 Å². The van der Waals surface area contributed by atoms with E-state index in [0.717, 1.165) is 6.07 Å². The number of carbonyl (C=O) groups is 2. The second-order valence-corrected chi connectivity index (χ2v) is 4.52. The number of aromatic carboxylic acids is 1. The number of hydrogen-bond acceptors (Lipinski definition) is 4. The zero-order chi connectivity index (χ0) is 17.0. The Kier molecular flexibility index (Phi) is 4.80. The van der Waals surface area contributed by atoms with Crippen molar-refractivity contribution in [2.45, 2.75) is 0 Å². The van der Waals surface area contributed by atoms with Gasteiger partial charge in [0.1, 0.15) is 5.82 Å². The molecule has 0 aromatic heterocycles. The Balaban J connectivity index is 2.41. The molecule has 0 heterocycles. The maximum Gasteiger partial charge on any atom is 0.337 e. The number of hydrogen-bond donors (Lipinski definition) is 2. The zero-order valence-corrected chi connectivity index (χ0v) is 12.4. The van der Waals surface area contributed by atoms with Crippen molar-refractivity contribution < 1.29 is 28.6 Å². The Morgan fingerprint density at radius 2 is 1.74 bits per heavy atom. The molecule has 0 saturated heterocycles. The van der Waals surface area contributed by atoms with Gasteiger partial charge in [-0.3, -0.25) is 4.79 Å². The summed E-state index contributed by atoms with van der Waals surface area (Å²) < 4.78 is 23.3. The van der Waals surface area contributed by atoms with Crippen LogP contribution in [0.4, 0.5) is 10.1 Å². The van der Waals surface area contributed by atoms with Crippen LogP contribution in [0.25, 0.3) is 0 Å². The Morgan fingerprint density at radius 3 is 2.30 bits per heavy atom. The molecule has 2 aromatic rings. The molecule has 2 N–H and O–H groups in total. The van der Waals surface area contributed by atoms with Crippen LogP contribution in [0.5, 0.6) is 11.5 Å². The van der Waals surface area contributed by atoms with Crippen LogP contribution < -0.4 is 14.8 Å². The SMILES string of the molecule is COc1cc(NC(=O)c2cccc(F)c2)c(C(=O)O)cc1OC. The molecule has 23 heavy (non-hydrogen) atoms. The number of benzene rings is 2. The van der Waals surface area contributed by atoms with Gasteiger partial charge in [0.2, 0.25) is 0 Å². The molecule has 7 heteroatoms. The van der Waals surface area contributed by atoms with Crippen LogP contribution in [0.3, 0.4) is 0 Å². The van der Waals surface area contributed by atoms with Crippen molar-refractivity contribution >= 4 is 17.6 Å². The van der Waals surface area contributed by atoms with E-state index < -0.39 is 17.7 Å². The van der Waals surface area contributed by atoms with Gasteiger partial charge >= 0.3 is 5.97 Å². The number of rotatable bonds is 5. The summed E-state index contributed by atoms with van der Waals surface area (Å²) in [5.74, 6) is -1.98. The minimum atomic E-state index is -1.25. The van der Waals surface area contributed by atoms with E-state index in [2.05, 4.69) is 5.32 Å². The van der Waals surface area contributed by atoms with Gasteiger partial charge in [0.25, 0.3) is 5.91 Å². The van der Waals surface area contributed by atoms with Gasteiger partial charge in [-0.25, -0.2) is 9.18 Å². The number of anilines is 1. The second kappa shape index (κ2) is 6.78. The van der Waals surface area contributed by atoms with Crippen molar-refractivity contribution in [2.24, 2.45) is 0 Å². The van der Waals surface area contributed by atoms with Gasteiger partial charge in [0.05, 0.1) is 25.5 Å². The van der Waals surface area contributed by atoms with Crippen LogP contribution in [-0.2, 0) is 0 Å². The largest absolute Gasteiger partial charge is 0.493 e. The Labute approximate surface area is 131 Å². The average Bonchev–Trinajstić information content (AvgIpc) is 2.54. The lowest BCUT2D eigenvalue weighted by Crippen LogP contribution is -2.15. The summed E-state index contributed by atoms with van der Waals surface area (Å²) in [4.78, 5) is 23.5. The van der Waals surface area contributed by atoms with E-state index in [1.165, 1.54) is 44.6 Å². The number of ether oxygens (including phenoxy) is 2. The number of methoxy groups -OCH3 is 2. The molecule has 0 aliphatic carbocycles. The Hall–Kier alpha value is -3.09. The van der Waals surface area contributed by atoms with Gasteiger partial charge in [-0.15, -0.1) is 0 Å². The minimum Gasteiger partial charge on any atom is -0.493 e. The molecule has 6 nitrogen and oxygen atoms in total. The van der Waals surface area contributed by atoms with Crippen LogP contribution >= 0.6 is 0 Å². The fourth-order valence-electron chi connectivity index (χ4n) is 1.98. The van der Waals surface area contributed by atoms with Gasteiger partial charge in [-0.05, 0) is 18.2 Å². The number of amides is 1. The van der Waals surface area contributed by atoms with Crippen molar-refractivity contribution in [3.8, 4) is 11.5 Å². The van der Waals surface area contributed by atoms with Gasteiger partial charge < -0.3 is 19.9 Å². The number of carbonyl (C=O) groups excluding carboxylic acids is 1. The molecular formula is C16H14FNO5. The normalized spacial score (nSPS) is 10.0. The predicted octanol–water partition coefficient (Wildman–Crippen LogP) is 2.79. The molecule has 0 radical (unpaired) electrons. The molecule has 0 aliphatic rings. The van der Waals surface area contributed by atoms with Crippen LogP contribution in [0.2, 0.25) is 0 Å². The first-order valence-corrected chi connectivity index (χ1v) is 6.52. The highest BCUT2D eigenvalue weighted by molar-refractivity contribution is 6.08. The average molecular weight is 319 g/mol. The van der Waals surface area contributed by atoms with E-state index in [1.807, 2.05) is 0 Å². The summed E-state index contributed by atoms with van der Waals surface area (Å²) in [5.41, 5.74) is -0.0899. The number of nitrogens with one attached hydrogen (secondary N) is 1. The number of carboxylic acids is 1. The lowest BCUT2D eigenvalue weighted by molar-refractivity contribution is 0.0697. The summed E-state index contributed by atoms with van der Waals surface area (Å²) in [6.45, 7) is 0. The van der Waals surface area contributed by atoms with E-state index in [-0.39, 0.29) is 28.3 Å². The fraction of sp³-hybridized carbons (Fsp3) is 0.125. The van der Waals surface area contributed by atoms with Gasteiger partial charge in [-0.2, -0.15) is 0 Å². The molecular weight excluding hydrogens is 305 g/mol. The maximum atomic E-state index is 13.2. The van der Waals surface area contributed by atoms with Crippen LogP contribution in [-0.4, -0.2) is 31.2 Å². The zero-order valence-electron chi connectivity index (χ0n) is 12.4. The number of carboxylic acid groups (broad SMARTS) is 1. The lowest BCUT2D eigenvalue weighted by atomic mass is 10.1. The molecule has 1 amide bonds. The summed E-state index contributed by atoms with van der Waals surface area (Å²) in [6.07, 6.45) is 0. The monoisotopic (exact) mass is 319 g/mol. The molecule has 0 saturated carbocycles. The topological polar surface area (TPSA) is 84.9 Å². The first-order chi connectivity index (χ1) is 11.0. The van der Waals surface area contributed by atoms with E-state index in [4.69, 9.17) is 9.47 Å². The molecule has 2 aromatic carbocycles. The molecule has 120 valence electrons. The van der Waals surface area contributed by atoms with E-state index in [0.29, 0.717) is 0 Å². The van der Waals surface area contributed by atoms with E-state index >= 15 is 0 Å². The van der Waals surface area contributed by atoms with Crippen molar-refractivity contribution in [1.29, 1.82) is 0 Å². The molecule has 0 aliphatic heterocycles. The van der Waals surface area contributed by atoms with Gasteiger partial charge in [0.15, 0.2) is 11.5 Å². The molecule has 0 spiro atoms. The highest BCUT2D eigenvalue weighted by Crippen LogP contribution is 2.33. The van der Waals surface area contributed by atoms with Crippen molar-refractivity contribution in [2.75, 3.05) is 19.5 Å². The fourth-order valence-corrected chi connectivity index (χ4v) is 1.98. The summed E-state index contributed by atoms with van der Waals surface area (Å²) in [6, 6.07) is 7.63. The van der Waals surface area contributed by atoms with Crippen LogP contribution in [0.1, 0.15) is 20.7 Å². The molecule has 0 atom stereocenters. The van der Waals surface area contributed by atoms with Crippen molar-refractivity contribution in [3.05, 3.63) is 53.3 Å². The summed E-state index contributed by atoms with van der Waals surface area (Å²) >= 11 is 0. The standard InChI is InChI=1S/C16H14FNO5/c1-22-13-7-11(16(20)21)12(8-14(13)23-2)18-15(19)9-4-3-5-10(17)6-9/h3-8H,1-2H3,(H,18,19)(H,20,21). The smallest absolute Gasteiger partial charge is 0.337 e. The third-order valence-electron chi connectivity index (χ3n) is 3.09. The highest BCUT2D eigenvalue weighted by atomic mass is 19.1. The summed E-state index contributed by atoms with van der Waals surface area (Å²) in [7, 11) is 2.75. The quantitative estimate of drug-likeness (QED) is 0.885. The lowest BCUT2D eigenvalue weighted by Gasteiger charge is -2.13. The van der Waals surface area contributed by atoms with Gasteiger partial charge in [0, 0.05) is 17.7 Å². The van der Waals surface area contributed by atoms with Crippen molar-refractivity contribution in [3.63, 3.8) is 0 Å². The van der Waals surface area contributed by atoms with Crippen LogP contribution in [0, 0.1) is 5.82 Å². The Bertz CT molecular complexity index is 760. The first kappa shape index (κ1) is 16.3. The molecule has 0 bridgehead atoms. The molecule has 0 unspecified atom stereocenters. The third kappa shape index (κ3) is 3.57. The Morgan fingerprint density at radius 1 is 1.09 bits per heavy atom. The number of halogens is 1. The van der Waals surface area contributed by atoms with Gasteiger partial charge in [-0.1, -0.05) is 6.07 Å².